The summed E-state index contributed by atoms with van der Waals surface area (Å²) in [6, 6.07) is 8.53. The van der Waals surface area contributed by atoms with E-state index >= 15 is 0 Å². The molecular formula is C15H19BrO2. The first-order valence-corrected chi connectivity index (χ1v) is 7.61. The highest BCUT2D eigenvalue weighted by atomic mass is 79.9. The van der Waals surface area contributed by atoms with Gasteiger partial charge in [-0.1, -0.05) is 53.0 Å². The Morgan fingerprint density at radius 3 is 2.89 bits per heavy atom. The number of benzene rings is 1. The van der Waals surface area contributed by atoms with Crippen LogP contribution in [0.4, 0.5) is 0 Å². The second kappa shape index (κ2) is 6.37. The summed E-state index contributed by atoms with van der Waals surface area (Å²) >= 11 is 3.48. The smallest absolute Gasteiger partial charge is 0.309 e. The van der Waals surface area contributed by atoms with Crippen molar-refractivity contribution in [3.63, 3.8) is 0 Å². The number of ether oxygens (including phenoxy) is 1. The van der Waals surface area contributed by atoms with E-state index in [-0.39, 0.29) is 11.9 Å². The van der Waals surface area contributed by atoms with Crippen LogP contribution in [-0.2, 0) is 14.9 Å². The van der Waals surface area contributed by atoms with Crippen LogP contribution in [0.2, 0.25) is 0 Å². The molecular weight excluding hydrogens is 292 g/mol. The number of halogens is 1. The second-order valence-electron chi connectivity index (χ2n) is 4.90. The average Bonchev–Trinajstić information content (AvgIpc) is 2.46. The molecule has 0 N–H and O–H groups in total. The standard InChI is InChI=1S/C15H19BrO2/c1-18-15(17)14-8-3-2-7-13(14)12-6-4-5-11(9-12)10-16/h4-6,9,13-14H,2-3,7-8,10H2,1H3. The maximum atomic E-state index is 11.9. The van der Waals surface area contributed by atoms with E-state index < -0.39 is 0 Å². The Balaban J connectivity index is 2.24. The van der Waals surface area contributed by atoms with Crippen LogP contribution in [0.1, 0.15) is 42.7 Å². The highest BCUT2D eigenvalue weighted by Gasteiger charge is 2.32. The Hall–Kier alpha value is -0.830. The summed E-state index contributed by atoms with van der Waals surface area (Å²) in [5.41, 5.74) is 2.55. The van der Waals surface area contributed by atoms with Crippen LogP contribution in [0, 0.1) is 5.92 Å². The summed E-state index contributed by atoms with van der Waals surface area (Å²) in [4.78, 5) is 11.9. The molecule has 0 bridgehead atoms. The van der Waals surface area contributed by atoms with Gasteiger partial charge >= 0.3 is 5.97 Å². The molecule has 2 nitrogen and oxygen atoms in total. The van der Waals surface area contributed by atoms with Crippen molar-refractivity contribution < 1.29 is 9.53 Å². The third-order valence-corrected chi connectivity index (χ3v) is 4.45. The number of methoxy groups -OCH3 is 1. The lowest BCUT2D eigenvalue weighted by Crippen LogP contribution is -2.26. The van der Waals surface area contributed by atoms with Gasteiger partial charge in [0, 0.05) is 5.33 Å². The largest absolute Gasteiger partial charge is 0.469 e. The molecule has 2 unspecified atom stereocenters. The van der Waals surface area contributed by atoms with E-state index in [9.17, 15) is 4.79 Å². The molecule has 1 aliphatic carbocycles. The van der Waals surface area contributed by atoms with Crippen molar-refractivity contribution in [2.45, 2.75) is 36.9 Å². The maximum Gasteiger partial charge on any atom is 0.309 e. The lowest BCUT2D eigenvalue weighted by Gasteiger charge is -2.30. The zero-order chi connectivity index (χ0) is 13.0. The first kappa shape index (κ1) is 13.6. The number of esters is 1. The van der Waals surface area contributed by atoms with Gasteiger partial charge in [0.05, 0.1) is 13.0 Å². The summed E-state index contributed by atoms with van der Waals surface area (Å²) in [5.74, 6) is 0.309. The minimum absolute atomic E-state index is 0.0364. The van der Waals surface area contributed by atoms with Gasteiger partial charge < -0.3 is 4.74 Å². The number of hydrogen-bond acceptors (Lipinski definition) is 2. The fraction of sp³-hybridized carbons (Fsp3) is 0.533. The van der Waals surface area contributed by atoms with E-state index in [1.165, 1.54) is 24.7 Å². The normalized spacial score (nSPS) is 23.7. The third-order valence-electron chi connectivity index (χ3n) is 3.80. The van der Waals surface area contributed by atoms with Gasteiger partial charge in [-0.2, -0.15) is 0 Å². The van der Waals surface area contributed by atoms with Crippen LogP contribution < -0.4 is 0 Å². The summed E-state index contributed by atoms with van der Waals surface area (Å²) < 4.78 is 4.95. The summed E-state index contributed by atoms with van der Waals surface area (Å²) in [7, 11) is 1.49. The van der Waals surface area contributed by atoms with E-state index in [1.807, 2.05) is 0 Å². The van der Waals surface area contributed by atoms with Crippen LogP contribution in [0.25, 0.3) is 0 Å². The Morgan fingerprint density at radius 1 is 1.39 bits per heavy atom. The van der Waals surface area contributed by atoms with Crippen LogP contribution in [0.3, 0.4) is 0 Å². The molecule has 3 heteroatoms. The Labute approximate surface area is 117 Å². The van der Waals surface area contributed by atoms with Crippen molar-refractivity contribution in [3.05, 3.63) is 35.4 Å². The molecule has 0 radical (unpaired) electrons. The fourth-order valence-electron chi connectivity index (χ4n) is 2.87. The number of rotatable bonds is 3. The Bertz CT molecular complexity index is 417. The van der Waals surface area contributed by atoms with Crippen LogP contribution in [0.5, 0.6) is 0 Å². The quantitative estimate of drug-likeness (QED) is 0.622. The lowest BCUT2D eigenvalue weighted by molar-refractivity contribution is -0.147. The predicted octanol–water partition coefficient (Wildman–Crippen LogP) is 4.03. The second-order valence-corrected chi connectivity index (χ2v) is 5.46. The Kier molecular flexibility index (Phi) is 4.81. The minimum Gasteiger partial charge on any atom is -0.469 e. The number of carbonyl (C=O) groups is 1. The van der Waals surface area contributed by atoms with E-state index in [4.69, 9.17) is 4.74 Å². The van der Waals surface area contributed by atoms with Gasteiger partial charge in [-0.3, -0.25) is 4.79 Å². The molecule has 18 heavy (non-hydrogen) atoms. The summed E-state index contributed by atoms with van der Waals surface area (Å²) in [6.45, 7) is 0. The molecule has 1 aliphatic rings. The minimum atomic E-state index is -0.0519. The average molecular weight is 311 g/mol. The van der Waals surface area contributed by atoms with Gasteiger partial charge in [-0.15, -0.1) is 0 Å². The van der Waals surface area contributed by atoms with Crippen molar-refractivity contribution in [3.8, 4) is 0 Å². The van der Waals surface area contributed by atoms with Gasteiger partial charge in [0.2, 0.25) is 0 Å². The molecule has 0 aliphatic heterocycles. The zero-order valence-electron chi connectivity index (χ0n) is 10.7. The first-order chi connectivity index (χ1) is 8.76. The van der Waals surface area contributed by atoms with Gasteiger partial charge in [0.1, 0.15) is 0 Å². The van der Waals surface area contributed by atoms with Crippen molar-refractivity contribution in [1.29, 1.82) is 0 Å². The maximum absolute atomic E-state index is 11.9. The molecule has 0 spiro atoms. The summed E-state index contributed by atoms with van der Waals surface area (Å²) in [6.07, 6.45) is 4.38. The predicted molar refractivity (Wildman–Crippen MR) is 75.8 cm³/mol. The highest BCUT2D eigenvalue weighted by molar-refractivity contribution is 9.08. The molecule has 0 heterocycles. The van der Waals surface area contributed by atoms with Crippen LogP contribution in [-0.4, -0.2) is 13.1 Å². The van der Waals surface area contributed by atoms with E-state index in [0.29, 0.717) is 5.92 Å². The molecule has 1 saturated carbocycles. The van der Waals surface area contributed by atoms with E-state index in [2.05, 4.69) is 40.2 Å². The molecule has 1 fully saturated rings. The Morgan fingerprint density at radius 2 is 2.17 bits per heavy atom. The van der Waals surface area contributed by atoms with Gasteiger partial charge in [0.15, 0.2) is 0 Å². The number of carbonyl (C=O) groups excluding carboxylic acids is 1. The van der Waals surface area contributed by atoms with Crippen LogP contribution in [0.15, 0.2) is 24.3 Å². The van der Waals surface area contributed by atoms with E-state index in [1.54, 1.807) is 0 Å². The van der Waals surface area contributed by atoms with Crippen LogP contribution >= 0.6 is 15.9 Å². The monoisotopic (exact) mass is 310 g/mol. The van der Waals surface area contributed by atoms with E-state index in [0.717, 1.165) is 24.6 Å². The molecule has 2 rings (SSSR count). The SMILES string of the molecule is COC(=O)C1CCCCC1c1cccc(CBr)c1. The van der Waals surface area contributed by atoms with Crippen molar-refractivity contribution in [2.75, 3.05) is 7.11 Å². The summed E-state index contributed by atoms with van der Waals surface area (Å²) in [5, 5.41) is 0.858. The molecule has 0 aromatic heterocycles. The molecule has 1 aromatic rings. The van der Waals surface area contributed by atoms with Crippen molar-refractivity contribution in [2.24, 2.45) is 5.92 Å². The first-order valence-electron chi connectivity index (χ1n) is 6.49. The number of alkyl halides is 1. The highest BCUT2D eigenvalue weighted by Crippen LogP contribution is 2.38. The molecule has 2 atom stereocenters. The van der Waals surface area contributed by atoms with Gasteiger partial charge in [0.25, 0.3) is 0 Å². The third kappa shape index (κ3) is 2.94. The van der Waals surface area contributed by atoms with Gasteiger partial charge in [-0.05, 0) is 29.9 Å². The fourth-order valence-corrected chi connectivity index (χ4v) is 3.22. The molecule has 1 aromatic carbocycles. The lowest BCUT2D eigenvalue weighted by atomic mass is 9.75. The topological polar surface area (TPSA) is 26.3 Å². The molecule has 0 saturated heterocycles. The molecule has 0 amide bonds. The van der Waals surface area contributed by atoms with Crippen molar-refractivity contribution in [1.82, 2.24) is 0 Å². The molecule has 98 valence electrons. The zero-order valence-corrected chi connectivity index (χ0v) is 12.3. The van der Waals surface area contributed by atoms with Gasteiger partial charge in [-0.25, -0.2) is 0 Å². The van der Waals surface area contributed by atoms with Crippen molar-refractivity contribution >= 4 is 21.9 Å². The number of hydrogen-bond donors (Lipinski definition) is 0.